The Hall–Kier alpha value is -2.57. The van der Waals surface area contributed by atoms with Gasteiger partial charge in [0, 0.05) is 17.6 Å². The third-order valence-electron chi connectivity index (χ3n) is 5.02. The van der Waals surface area contributed by atoms with Crippen molar-refractivity contribution in [2.75, 3.05) is 13.7 Å². The molecule has 0 N–H and O–H groups in total. The van der Waals surface area contributed by atoms with E-state index in [0.717, 1.165) is 19.3 Å². The molecule has 1 saturated heterocycles. The number of ether oxygens (including phenoxy) is 3. The standard InChI is InChI=1S/C21H29NO6/c1-13-7-6-8-14(2)22(13)21(25)16(4)28-20(24)12-27-18-10-9-17(15(3)23)11-19(18)26-5/h9-11,13-14,16H,6-8,12H2,1-5H3/t13-,14-,16+/m0/s1. The molecular weight excluding hydrogens is 362 g/mol. The molecule has 1 amide bonds. The first-order chi connectivity index (χ1) is 13.2. The molecule has 7 heteroatoms. The fraction of sp³-hybridized carbons (Fsp3) is 0.571. The molecular formula is C21H29NO6. The maximum Gasteiger partial charge on any atom is 0.344 e. The molecule has 154 valence electrons. The van der Waals surface area contributed by atoms with E-state index in [1.54, 1.807) is 25.1 Å². The Morgan fingerprint density at radius 2 is 1.79 bits per heavy atom. The molecule has 1 aliphatic rings. The summed E-state index contributed by atoms with van der Waals surface area (Å²) in [6.07, 6.45) is 2.13. The summed E-state index contributed by atoms with van der Waals surface area (Å²) in [5.74, 6) is -0.257. The second kappa shape index (κ2) is 9.57. The van der Waals surface area contributed by atoms with Crippen LogP contribution in [0, 0.1) is 0 Å². The summed E-state index contributed by atoms with van der Waals surface area (Å²) in [4.78, 5) is 38.1. The lowest BCUT2D eigenvalue weighted by molar-refractivity contribution is -0.163. The van der Waals surface area contributed by atoms with Crippen LogP contribution in [0.4, 0.5) is 0 Å². The smallest absolute Gasteiger partial charge is 0.344 e. The van der Waals surface area contributed by atoms with Crippen molar-refractivity contribution in [3.05, 3.63) is 23.8 Å². The molecule has 2 rings (SSSR count). The largest absolute Gasteiger partial charge is 0.493 e. The van der Waals surface area contributed by atoms with E-state index >= 15 is 0 Å². The Kier molecular flexibility index (Phi) is 7.43. The predicted molar refractivity (Wildman–Crippen MR) is 104 cm³/mol. The Labute approximate surface area is 165 Å². The van der Waals surface area contributed by atoms with Gasteiger partial charge in [0.05, 0.1) is 7.11 Å². The number of carbonyl (C=O) groups excluding carboxylic acids is 3. The molecule has 0 radical (unpaired) electrons. The van der Waals surface area contributed by atoms with Gasteiger partial charge < -0.3 is 19.1 Å². The Morgan fingerprint density at radius 1 is 1.14 bits per heavy atom. The molecule has 1 heterocycles. The average Bonchev–Trinajstić information content (AvgIpc) is 2.65. The van der Waals surface area contributed by atoms with Crippen LogP contribution in [0.3, 0.4) is 0 Å². The zero-order chi connectivity index (χ0) is 20.8. The summed E-state index contributed by atoms with van der Waals surface area (Å²) in [5, 5.41) is 0. The monoisotopic (exact) mass is 391 g/mol. The van der Waals surface area contributed by atoms with Crippen LogP contribution in [-0.4, -0.2) is 54.5 Å². The van der Waals surface area contributed by atoms with Crippen molar-refractivity contribution in [1.82, 2.24) is 4.90 Å². The summed E-state index contributed by atoms with van der Waals surface area (Å²) < 4.78 is 15.9. The molecule has 28 heavy (non-hydrogen) atoms. The van der Waals surface area contributed by atoms with Crippen molar-refractivity contribution in [3.63, 3.8) is 0 Å². The lowest BCUT2D eigenvalue weighted by Crippen LogP contribution is -2.51. The quantitative estimate of drug-likeness (QED) is 0.525. The minimum atomic E-state index is -0.874. The highest BCUT2D eigenvalue weighted by Crippen LogP contribution is 2.28. The number of ketones is 1. The van der Waals surface area contributed by atoms with Crippen molar-refractivity contribution in [2.45, 2.75) is 65.1 Å². The van der Waals surface area contributed by atoms with Gasteiger partial charge in [-0.1, -0.05) is 0 Å². The van der Waals surface area contributed by atoms with Crippen LogP contribution in [0.15, 0.2) is 18.2 Å². The van der Waals surface area contributed by atoms with Crippen LogP contribution in [-0.2, 0) is 14.3 Å². The Balaban J connectivity index is 1.93. The van der Waals surface area contributed by atoms with Gasteiger partial charge in [-0.05, 0) is 65.2 Å². The molecule has 0 aromatic heterocycles. The van der Waals surface area contributed by atoms with Gasteiger partial charge in [0.15, 0.2) is 30.0 Å². The highest BCUT2D eigenvalue weighted by Gasteiger charge is 2.33. The van der Waals surface area contributed by atoms with Gasteiger partial charge in [-0.15, -0.1) is 0 Å². The predicted octanol–water partition coefficient (Wildman–Crippen LogP) is 3.00. The molecule has 7 nitrogen and oxygen atoms in total. The van der Waals surface area contributed by atoms with Crippen LogP contribution in [0.2, 0.25) is 0 Å². The minimum absolute atomic E-state index is 0.0993. The van der Waals surface area contributed by atoms with E-state index in [1.165, 1.54) is 14.0 Å². The topological polar surface area (TPSA) is 82.1 Å². The number of rotatable bonds is 7. The van der Waals surface area contributed by atoms with Crippen molar-refractivity contribution in [1.29, 1.82) is 0 Å². The first kappa shape index (κ1) is 21.7. The number of nitrogens with zero attached hydrogens (tertiary/aromatic N) is 1. The molecule has 0 saturated carbocycles. The van der Waals surface area contributed by atoms with Crippen LogP contribution < -0.4 is 9.47 Å². The fourth-order valence-corrected chi connectivity index (χ4v) is 3.49. The third kappa shape index (κ3) is 5.24. The van der Waals surface area contributed by atoms with Crippen LogP contribution in [0.5, 0.6) is 11.5 Å². The molecule has 1 aliphatic heterocycles. The van der Waals surface area contributed by atoms with Crippen molar-refractivity contribution in [2.24, 2.45) is 0 Å². The van der Waals surface area contributed by atoms with Crippen LogP contribution in [0.25, 0.3) is 0 Å². The maximum atomic E-state index is 12.7. The molecule has 1 aromatic carbocycles. The molecule has 0 bridgehead atoms. The van der Waals surface area contributed by atoms with Crippen LogP contribution >= 0.6 is 0 Å². The van der Waals surface area contributed by atoms with E-state index in [4.69, 9.17) is 14.2 Å². The number of hydrogen-bond donors (Lipinski definition) is 0. The number of piperidine rings is 1. The Morgan fingerprint density at radius 3 is 2.36 bits per heavy atom. The normalized spacial score (nSPS) is 20.2. The number of benzene rings is 1. The second-order valence-corrected chi connectivity index (χ2v) is 7.22. The van der Waals surface area contributed by atoms with Crippen molar-refractivity contribution < 1.29 is 28.6 Å². The minimum Gasteiger partial charge on any atom is -0.493 e. The fourth-order valence-electron chi connectivity index (χ4n) is 3.49. The molecule has 1 fully saturated rings. The summed E-state index contributed by atoms with van der Waals surface area (Å²) in [6.45, 7) is 6.70. The van der Waals surface area contributed by atoms with Gasteiger partial charge in [0.25, 0.3) is 5.91 Å². The molecule has 1 aromatic rings. The first-order valence-electron chi connectivity index (χ1n) is 9.58. The summed E-state index contributed by atoms with van der Waals surface area (Å²) >= 11 is 0. The second-order valence-electron chi connectivity index (χ2n) is 7.22. The maximum absolute atomic E-state index is 12.7. The zero-order valence-electron chi connectivity index (χ0n) is 17.2. The van der Waals surface area contributed by atoms with Crippen LogP contribution in [0.1, 0.15) is 57.3 Å². The number of likely N-dealkylation sites (tertiary alicyclic amines) is 1. The Bertz CT molecular complexity index is 722. The van der Waals surface area contributed by atoms with E-state index < -0.39 is 12.1 Å². The van der Waals surface area contributed by atoms with Gasteiger partial charge in [-0.25, -0.2) is 4.79 Å². The van der Waals surface area contributed by atoms with Gasteiger partial charge in [-0.2, -0.15) is 0 Å². The van der Waals surface area contributed by atoms with Crippen molar-refractivity contribution in [3.8, 4) is 11.5 Å². The number of esters is 1. The third-order valence-corrected chi connectivity index (χ3v) is 5.02. The number of hydrogen-bond acceptors (Lipinski definition) is 6. The van der Waals surface area contributed by atoms with E-state index in [2.05, 4.69) is 0 Å². The highest BCUT2D eigenvalue weighted by atomic mass is 16.6. The van der Waals surface area contributed by atoms with Gasteiger partial charge in [-0.3, -0.25) is 9.59 Å². The summed E-state index contributed by atoms with van der Waals surface area (Å²) in [6, 6.07) is 4.98. The number of amides is 1. The highest BCUT2D eigenvalue weighted by molar-refractivity contribution is 5.94. The average molecular weight is 391 g/mol. The lowest BCUT2D eigenvalue weighted by atomic mass is 9.97. The zero-order valence-corrected chi connectivity index (χ0v) is 17.2. The number of methoxy groups -OCH3 is 1. The SMILES string of the molecule is COc1cc(C(C)=O)ccc1OCC(=O)O[C@H](C)C(=O)N1[C@@H](C)CCC[C@@H]1C. The van der Waals surface area contributed by atoms with Gasteiger partial charge >= 0.3 is 5.97 Å². The number of Topliss-reactive ketones (excluding diaryl/α,β-unsaturated/α-hetero) is 1. The van der Waals surface area contributed by atoms with E-state index in [-0.39, 0.29) is 30.4 Å². The molecule has 3 atom stereocenters. The van der Waals surface area contributed by atoms with E-state index in [0.29, 0.717) is 17.1 Å². The molecule has 0 spiro atoms. The van der Waals surface area contributed by atoms with Gasteiger partial charge in [0.1, 0.15) is 0 Å². The van der Waals surface area contributed by atoms with Gasteiger partial charge in [0.2, 0.25) is 0 Å². The lowest BCUT2D eigenvalue weighted by Gasteiger charge is -2.40. The van der Waals surface area contributed by atoms with E-state index in [9.17, 15) is 14.4 Å². The number of carbonyl (C=O) groups is 3. The summed E-state index contributed by atoms with van der Waals surface area (Å²) in [5.41, 5.74) is 0.482. The summed E-state index contributed by atoms with van der Waals surface area (Å²) in [7, 11) is 1.45. The van der Waals surface area contributed by atoms with Crippen molar-refractivity contribution >= 4 is 17.7 Å². The van der Waals surface area contributed by atoms with E-state index in [1.807, 2.05) is 18.7 Å². The first-order valence-corrected chi connectivity index (χ1v) is 9.58. The molecule has 0 unspecified atom stereocenters. The molecule has 0 aliphatic carbocycles.